The van der Waals surface area contributed by atoms with Gasteiger partial charge in [-0.1, -0.05) is 30.3 Å². The highest BCUT2D eigenvalue weighted by molar-refractivity contribution is 7.93. The molecule has 0 saturated carbocycles. The lowest BCUT2D eigenvalue weighted by Crippen LogP contribution is -2.30. The topological polar surface area (TPSA) is 101 Å². The van der Waals surface area contributed by atoms with Gasteiger partial charge in [-0.15, -0.1) is 11.3 Å². The van der Waals surface area contributed by atoms with Gasteiger partial charge in [0.25, 0.3) is 0 Å². The zero-order valence-electron chi connectivity index (χ0n) is 19.0. The van der Waals surface area contributed by atoms with Crippen molar-refractivity contribution >= 4 is 27.0 Å². The fourth-order valence-corrected chi connectivity index (χ4v) is 5.28. The van der Waals surface area contributed by atoms with Crippen molar-refractivity contribution in [2.75, 3.05) is 11.3 Å². The molecule has 5 rings (SSSR count). The summed E-state index contributed by atoms with van der Waals surface area (Å²) in [5.74, 6) is 0.114. The predicted molar refractivity (Wildman–Crippen MR) is 133 cm³/mol. The Labute approximate surface area is 214 Å². The number of thiazole rings is 1. The fourth-order valence-electron chi connectivity index (χ4n) is 4.13. The second-order valence-corrected chi connectivity index (χ2v) is 10.9. The van der Waals surface area contributed by atoms with Crippen LogP contribution >= 0.6 is 11.3 Å². The van der Waals surface area contributed by atoms with Gasteiger partial charge in [-0.05, 0) is 36.2 Å². The van der Waals surface area contributed by atoms with Crippen LogP contribution in [0.4, 0.5) is 18.9 Å². The van der Waals surface area contributed by atoms with E-state index in [1.165, 1.54) is 29.5 Å². The summed E-state index contributed by atoms with van der Waals surface area (Å²) >= 11 is 1.50. The number of aliphatic hydroxyl groups excluding tert-OH is 1. The van der Waals surface area contributed by atoms with Crippen molar-refractivity contribution in [1.29, 1.82) is 0 Å². The third-order valence-corrected chi connectivity index (χ3v) is 7.73. The molecule has 2 aromatic carbocycles. The minimum Gasteiger partial charge on any atom is -0.493 e. The number of fused-ring (bicyclic) bond motifs is 1. The number of anilines is 1. The van der Waals surface area contributed by atoms with Gasteiger partial charge in [0.1, 0.15) is 5.75 Å². The standard InChI is InChI=1S/C25H20F3N3O4S2/c26-25(27,28)37(33,34)31-21-4-2-1-3-19(21)15-6-8-20-23(10-15)35-12-17(24(20)32)9-18-7-5-16(11-29-18)22-13-36-14-30-22/h1-8,10-11,13-14,17,24,31-32H,9,12H2. The Balaban J connectivity index is 1.35. The lowest BCUT2D eigenvalue weighted by molar-refractivity contribution is -0.0429. The number of nitrogens with zero attached hydrogens (tertiary/aromatic N) is 2. The molecule has 0 radical (unpaired) electrons. The molecule has 0 aliphatic carbocycles. The molecule has 2 unspecified atom stereocenters. The van der Waals surface area contributed by atoms with Crippen molar-refractivity contribution in [2.24, 2.45) is 5.92 Å². The minimum atomic E-state index is -5.59. The van der Waals surface area contributed by atoms with Gasteiger partial charge in [0.05, 0.1) is 29.6 Å². The van der Waals surface area contributed by atoms with Crippen LogP contribution in [0, 0.1) is 5.92 Å². The molecule has 12 heteroatoms. The molecule has 1 aliphatic rings. The zero-order chi connectivity index (χ0) is 26.2. The average Bonchev–Trinajstić information content (AvgIpc) is 3.41. The number of pyridine rings is 1. The summed E-state index contributed by atoms with van der Waals surface area (Å²) in [6.07, 6.45) is 1.36. The van der Waals surface area contributed by atoms with Gasteiger partial charge in [-0.3, -0.25) is 9.71 Å². The number of alkyl halides is 3. The molecule has 0 amide bonds. The maximum atomic E-state index is 12.9. The molecule has 4 aromatic rings. The number of hydrogen-bond donors (Lipinski definition) is 2. The molecule has 3 heterocycles. The maximum Gasteiger partial charge on any atom is 0.516 e. The molecule has 1 aliphatic heterocycles. The van der Waals surface area contributed by atoms with E-state index in [1.54, 1.807) is 40.7 Å². The molecule has 2 N–H and O–H groups in total. The number of hydrogen-bond acceptors (Lipinski definition) is 7. The summed E-state index contributed by atoms with van der Waals surface area (Å²) in [6.45, 7) is 0.204. The summed E-state index contributed by atoms with van der Waals surface area (Å²) in [7, 11) is -5.59. The first-order valence-electron chi connectivity index (χ1n) is 11.1. The quantitative estimate of drug-likeness (QED) is 0.334. The largest absolute Gasteiger partial charge is 0.516 e. The Bertz CT molecular complexity index is 1510. The van der Waals surface area contributed by atoms with Crippen molar-refractivity contribution in [3.8, 4) is 28.1 Å². The van der Waals surface area contributed by atoms with Crippen molar-refractivity contribution in [1.82, 2.24) is 9.97 Å². The molecule has 0 fully saturated rings. The van der Waals surface area contributed by atoms with Crippen molar-refractivity contribution in [2.45, 2.75) is 18.0 Å². The average molecular weight is 548 g/mol. The highest BCUT2D eigenvalue weighted by Crippen LogP contribution is 2.41. The van der Waals surface area contributed by atoms with E-state index in [9.17, 15) is 26.7 Å². The molecule has 0 spiro atoms. The van der Waals surface area contributed by atoms with Gasteiger partial charge in [-0.2, -0.15) is 21.6 Å². The van der Waals surface area contributed by atoms with Gasteiger partial charge in [0.15, 0.2) is 0 Å². The van der Waals surface area contributed by atoms with Crippen molar-refractivity contribution < 1.29 is 31.4 Å². The van der Waals surface area contributed by atoms with Gasteiger partial charge >= 0.3 is 15.5 Å². The van der Waals surface area contributed by atoms with E-state index in [2.05, 4.69) is 9.97 Å². The lowest BCUT2D eigenvalue weighted by Gasteiger charge is -2.30. The first-order chi connectivity index (χ1) is 17.6. The summed E-state index contributed by atoms with van der Waals surface area (Å²) in [5.41, 5.74) is -0.169. The third kappa shape index (κ3) is 5.17. The summed E-state index contributed by atoms with van der Waals surface area (Å²) in [6, 6.07) is 14.4. The Kier molecular flexibility index (Phi) is 6.65. The highest BCUT2D eigenvalue weighted by atomic mass is 32.2. The molecular formula is C25H20F3N3O4S2. The number of ether oxygens (including phenoxy) is 1. The molecule has 2 atom stereocenters. The summed E-state index contributed by atoms with van der Waals surface area (Å²) in [4.78, 5) is 8.76. The van der Waals surface area contributed by atoms with Crippen LogP contribution in [-0.4, -0.2) is 35.6 Å². The van der Waals surface area contributed by atoms with E-state index < -0.39 is 21.6 Å². The van der Waals surface area contributed by atoms with Gasteiger partial charge in [0, 0.05) is 39.9 Å². The third-order valence-electron chi connectivity index (χ3n) is 6.04. The molecule has 7 nitrogen and oxygen atoms in total. The maximum absolute atomic E-state index is 12.9. The monoisotopic (exact) mass is 547 g/mol. The Morgan fingerprint density at radius 2 is 1.86 bits per heavy atom. The Hall–Kier alpha value is -3.48. The van der Waals surface area contributed by atoms with Gasteiger partial charge < -0.3 is 9.84 Å². The van der Waals surface area contributed by atoms with Crippen LogP contribution in [0.15, 0.2) is 71.7 Å². The number of halogens is 3. The molecule has 0 saturated heterocycles. The van der Waals surface area contributed by atoms with Crippen molar-refractivity contribution in [3.63, 3.8) is 0 Å². The highest BCUT2D eigenvalue weighted by Gasteiger charge is 2.46. The second kappa shape index (κ2) is 9.77. The number of rotatable bonds is 6. The van der Waals surface area contributed by atoms with E-state index >= 15 is 0 Å². The van der Waals surface area contributed by atoms with Crippen LogP contribution < -0.4 is 9.46 Å². The van der Waals surface area contributed by atoms with Crippen LogP contribution in [0.2, 0.25) is 0 Å². The smallest absolute Gasteiger partial charge is 0.493 e. The van der Waals surface area contributed by atoms with Crippen LogP contribution in [0.25, 0.3) is 22.4 Å². The zero-order valence-corrected chi connectivity index (χ0v) is 20.6. The first-order valence-corrected chi connectivity index (χ1v) is 13.5. The fraction of sp³-hybridized carbons (Fsp3) is 0.200. The SMILES string of the molecule is O=S(=O)(Nc1ccccc1-c1ccc2c(c1)OCC(Cc1ccc(-c3cscn3)cn1)C2O)C(F)(F)F. The molecule has 0 bridgehead atoms. The Morgan fingerprint density at radius 3 is 2.57 bits per heavy atom. The number of nitrogens with one attached hydrogen (secondary N) is 1. The van der Waals surface area contributed by atoms with E-state index in [0.29, 0.717) is 23.3 Å². The molecular weight excluding hydrogens is 527 g/mol. The number of aliphatic hydroxyl groups is 1. The molecule has 37 heavy (non-hydrogen) atoms. The molecule has 192 valence electrons. The van der Waals surface area contributed by atoms with E-state index in [1.807, 2.05) is 17.5 Å². The van der Waals surface area contributed by atoms with Gasteiger partial charge in [0.2, 0.25) is 0 Å². The normalized spacial score (nSPS) is 17.6. The number of sulfonamides is 1. The molecule has 2 aromatic heterocycles. The van der Waals surface area contributed by atoms with Gasteiger partial charge in [-0.25, -0.2) is 4.98 Å². The Morgan fingerprint density at radius 1 is 1.08 bits per heavy atom. The predicted octanol–water partition coefficient (Wildman–Crippen LogP) is 5.42. The lowest BCUT2D eigenvalue weighted by atomic mass is 9.88. The summed E-state index contributed by atoms with van der Waals surface area (Å²) in [5, 5.41) is 12.9. The second-order valence-electron chi connectivity index (χ2n) is 8.48. The van der Waals surface area contributed by atoms with E-state index in [-0.39, 0.29) is 23.8 Å². The first kappa shape index (κ1) is 25.2. The van der Waals surface area contributed by atoms with Crippen molar-refractivity contribution in [3.05, 3.63) is 82.9 Å². The minimum absolute atomic E-state index is 0.204. The van der Waals surface area contributed by atoms with Crippen LogP contribution in [0.3, 0.4) is 0 Å². The number of benzene rings is 2. The van der Waals surface area contributed by atoms with E-state index in [0.717, 1.165) is 17.0 Å². The number of para-hydroxylation sites is 1. The van der Waals surface area contributed by atoms with Crippen LogP contribution in [0.5, 0.6) is 5.75 Å². The number of aromatic nitrogens is 2. The van der Waals surface area contributed by atoms with Crippen LogP contribution in [0.1, 0.15) is 17.4 Å². The van der Waals surface area contributed by atoms with Crippen LogP contribution in [-0.2, 0) is 16.4 Å². The van der Waals surface area contributed by atoms with E-state index in [4.69, 9.17) is 4.74 Å². The summed E-state index contributed by atoms with van der Waals surface area (Å²) < 4.78 is 69.5.